The first kappa shape index (κ1) is 15.9. The summed E-state index contributed by atoms with van der Waals surface area (Å²) in [7, 11) is 0. The van der Waals surface area contributed by atoms with Gasteiger partial charge in [-0.3, -0.25) is 4.99 Å². The molecule has 0 aliphatic rings. The predicted molar refractivity (Wildman–Crippen MR) is 103 cm³/mol. The first-order valence-corrected chi connectivity index (χ1v) is 7.97. The predicted octanol–water partition coefficient (Wildman–Crippen LogP) is 5.80. The van der Waals surface area contributed by atoms with Crippen molar-refractivity contribution in [2.75, 3.05) is 0 Å². The molecule has 2 heteroatoms. The molecule has 0 spiro atoms. The summed E-state index contributed by atoms with van der Waals surface area (Å²) in [4.78, 5) is 9.18. The number of hydrogen-bond donors (Lipinski definition) is 0. The van der Waals surface area contributed by atoms with Gasteiger partial charge in [0, 0.05) is 11.1 Å². The Morgan fingerprint density at radius 3 is 2.12 bits per heavy atom. The highest BCUT2D eigenvalue weighted by molar-refractivity contribution is 6.18. The molecule has 0 unspecified atom stereocenters. The van der Waals surface area contributed by atoms with Crippen LogP contribution in [0.5, 0.6) is 0 Å². The van der Waals surface area contributed by atoms with Crippen LogP contribution in [0.15, 0.2) is 82.8 Å². The van der Waals surface area contributed by atoms with Crippen LogP contribution >= 0.6 is 0 Å². The first-order chi connectivity index (χ1) is 11.7. The monoisotopic (exact) mass is 312 g/mol. The van der Waals surface area contributed by atoms with E-state index in [4.69, 9.17) is 4.99 Å². The molecule has 0 aliphatic carbocycles. The molecule has 0 fully saturated rings. The highest BCUT2D eigenvalue weighted by Crippen LogP contribution is 2.29. The second-order valence-corrected chi connectivity index (χ2v) is 5.74. The van der Waals surface area contributed by atoms with Crippen molar-refractivity contribution in [2.45, 2.75) is 13.8 Å². The summed E-state index contributed by atoms with van der Waals surface area (Å²) in [5.74, 6) is 0. The zero-order chi connectivity index (χ0) is 16.9. The van der Waals surface area contributed by atoms with Crippen molar-refractivity contribution in [1.82, 2.24) is 0 Å². The summed E-state index contributed by atoms with van der Waals surface area (Å²) in [6.07, 6.45) is 0. The van der Waals surface area contributed by atoms with E-state index >= 15 is 0 Å². The lowest BCUT2D eigenvalue weighted by atomic mass is 9.93. The largest absolute Gasteiger partial charge is 0.264 e. The highest BCUT2D eigenvalue weighted by atomic mass is 14.8. The van der Waals surface area contributed by atoms with Crippen LogP contribution < -0.4 is 0 Å². The van der Waals surface area contributed by atoms with Crippen LogP contribution in [0.2, 0.25) is 0 Å². The third kappa shape index (κ3) is 3.18. The van der Waals surface area contributed by atoms with Crippen LogP contribution in [-0.4, -0.2) is 12.4 Å². The van der Waals surface area contributed by atoms with Gasteiger partial charge < -0.3 is 0 Å². The molecule has 0 atom stereocenters. The maximum absolute atomic E-state index is 4.96. The van der Waals surface area contributed by atoms with Crippen LogP contribution in [0.1, 0.15) is 22.3 Å². The molecule has 3 aromatic carbocycles. The van der Waals surface area contributed by atoms with Gasteiger partial charge in [0.1, 0.15) is 0 Å². The van der Waals surface area contributed by atoms with Crippen molar-refractivity contribution in [3.05, 3.63) is 95.1 Å². The van der Waals surface area contributed by atoms with Crippen molar-refractivity contribution >= 4 is 23.8 Å². The average molecular weight is 312 g/mol. The van der Waals surface area contributed by atoms with Gasteiger partial charge in [0.25, 0.3) is 0 Å². The minimum atomic E-state index is 0.855. The fourth-order valence-electron chi connectivity index (χ4n) is 2.81. The molecule has 0 bridgehead atoms. The molecule has 118 valence electrons. The van der Waals surface area contributed by atoms with Crippen LogP contribution in [0, 0.1) is 13.8 Å². The minimum Gasteiger partial charge on any atom is -0.264 e. The van der Waals surface area contributed by atoms with E-state index in [1.54, 1.807) is 0 Å². The van der Waals surface area contributed by atoms with Gasteiger partial charge in [0.15, 0.2) is 0 Å². The van der Waals surface area contributed by atoms with Crippen molar-refractivity contribution in [1.29, 1.82) is 0 Å². The number of aryl methyl sites for hydroxylation is 2. The molecular formula is C22H20N2. The number of para-hydroxylation sites is 1. The molecule has 0 radical (unpaired) electrons. The van der Waals surface area contributed by atoms with E-state index in [9.17, 15) is 0 Å². The second-order valence-electron chi connectivity index (χ2n) is 5.74. The molecule has 0 amide bonds. The standard InChI is InChI=1S/C22H20N2/c1-16-10-7-8-14-19(16)22(24-18-12-5-4-6-13-18)21-17(2)11-9-15-20(21)23-3/h4-15H,3H2,1-2H3/b24-22-. The molecule has 0 saturated heterocycles. The van der Waals surface area contributed by atoms with E-state index in [0.29, 0.717) is 0 Å². The SMILES string of the molecule is C=Nc1cccc(C)c1/C(=N\c1ccccc1)c1ccccc1C. The zero-order valence-corrected chi connectivity index (χ0v) is 14.0. The fourth-order valence-corrected chi connectivity index (χ4v) is 2.81. The summed E-state index contributed by atoms with van der Waals surface area (Å²) < 4.78 is 0. The molecule has 3 aromatic rings. The van der Waals surface area contributed by atoms with Crippen LogP contribution in [0.4, 0.5) is 11.4 Å². The quantitative estimate of drug-likeness (QED) is 0.544. The normalized spacial score (nSPS) is 11.3. The van der Waals surface area contributed by atoms with Gasteiger partial charge in [-0.15, -0.1) is 0 Å². The number of benzene rings is 3. The maximum atomic E-state index is 4.96. The molecule has 0 saturated carbocycles. The smallest absolute Gasteiger partial charge is 0.0808 e. The van der Waals surface area contributed by atoms with Gasteiger partial charge in [-0.25, -0.2) is 4.99 Å². The Balaban J connectivity index is 2.31. The molecule has 24 heavy (non-hydrogen) atoms. The van der Waals surface area contributed by atoms with Crippen LogP contribution in [0.25, 0.3) is 0 Å². The minimum absolute atomic E-state index is 0.855. The number of nitrogens with zero attached hydrogens (tertiary/aromatic N) is 2. The van der Waals surface area contributed by atoms with Crippen molar-refractivity contribution in [2.24, 2.45) is 9.98 Å². The Bertz CT molecular complexity index is 893. The van der Waals surface area contributed by atoms with E-state index in [2.05, 4.69) is 43.8 Å². The lowest BCUT2D eigenvalue weighted by molar-refractivity contribution is 1.36. The number of hydrogen-bond acceptors (Lipinski definition) is 2. The number of aliphatic imine (C=N–C) groups is 2. The van der Waals surface area contributed by atoms with Gasteiger partial charge in [-0.2, -0.15) is 0 Å². The zero-order valence-electron chi connectivity index (χ0n) is 14.0. The van der Waals surface area contributed by atoms with E-state index in [0.717, 1.165) is 33.8 Å². The fraction of sp³-hybridized carbons (Fsp3) is 0.0909. The summed E-state index contributed by atoms with van der Waals surface area (Å²) in [5, 5.41) is 0. The van der Waals surface area contributed by atoms with Crippen LogP contribution in [0.3, 0.4) is 0 Å². The molecule has 0 aromatic heterocycles. The summed E-state index contributed by atoms with van der Waals surface area (Å²) in [6, 6.07) is 24.4. The first-order valence-electron chi connectivity index (χ1n) is 7.97. The van der Waals surface area contributed by atoms with E-state index in [1.807, 2.05) is 54.6 Å². The second kappa shape index (κ2) is 7.05. The van der Waals surface area contributed by atoms with Gasteiger partial charge in [-0.05, 0) is 49.9 Å². The third-order valence-corrected chi connectivity index (χ3v) is 4.06. The van der Waals surface area contributed by atoms with Crippen molar-refractivity contribution in [3.63, 3.8) is 0 Å². The lowest BCUT2D eigenvalue weighted by Gasteiger charge is -2.15. The van der Waals surface area contributed by atoms with Crippen molar-refractivity contribution < 1.29 is 0 Å². The van der Waals surface area contributed by atoms with Gasteiger partial charge in [0.05, 0.1) is 17.1 Å². The van der Waals surface area contributed by atoms with E-state index in [1.165, 1.54) is 5.56 Å². The van der Waals surface area contributed by atoms with Crippen LogP contribution in [-0.2, 0) is 0 Å². The molecular weight excluding hydrogens is 292 g/mol. The molecule has 0 heterocycles. The van der Waals surface area contributed by atoms with Gasteiger partial charge >= 0.3 is 0 Å². The molecule has 3 rings (SSSR count). The summed E-state index contributed by atoms with van der Waals surface area (Å²) in [5.41, 5.74) is 7.18. The Morgan fingerprint density at radius 1 is 0.750 bits per heavy atom. The Hall–Kier alpha value is -3.00. The molecule has 0 aliphatic heterocycles. The molecule has 2 nitrogen and oxygen atoms in total. The Kier molecular flexibility index (Phi) is 4.66. The summed E-state index contributed by atoms with van der Waals surface area (Å²) >= 11 is 0. The van der Waals surface area contributed by atoms with E-state index in [-0.39, 0.29) is 0 Å². The molecule has 0 N–H and O–H groups in total. The van der Waals surface area contributed by atoms with Gasteiger partial charge in [-0.1, -0.05) is 54.6 Å². The van der Waals surface area contributed by atoms with Gasteiger partial charge in [0.2, 0.25) is 0 Å². The topological polar surface area (TPSA) is 24.7 Å². The Labute approximate surface area is 143 Å². The summed E-state index contributed by atoms with van der Waals surface area (Å²) in [6.45, 7) is 7.93. The lowest BCUT2D eigenvalue weighted by Crippen LogP contribution is -2.07. The van der Waals surface area contributed by atoms with E-state index < -0.39 is 0 Å². The Morgan fingerprint density at radius 2 is 1.42 bits per heavy atom. The third-order valence-electron chi connectivity index (χ3n) is 4.06. The highest BCUT2D eigenvalue weighted by Gasteiger charge is 2.16. The van der Waals surface area contributed by atoms with Crippen molar-refractivity contribution in [3.8, 4) is 0 Å². The average Bonchev–Trinajstić information content (AvgIpc) is 2.61. The number of rotatable bonds is 4. The maximum Gasteiger partial charge on any atom is 0.0808 e.